The van der Waals surface area contributed by atoms with Gasteiger partial charge in [0, 0.05) is 21.4 Å². The van der Waals surface area contributed by atoms with Gasteiger partial charge in [-0.1, -0.05) is 66.0 Å². The average Bonchev–Trinajstić information content (AvgIpc) is 3.02. The Labute approximate surface area is 150 Å². The molecule has 0 aliphatic carbocycles. The van der Waals surface area contributed by atoms with Crippen molar-refractivity contribution >= 4 is 29.6 Å². The number of hydrogen-bond acceptors (Lipinski definition) is 3. The zero-order valence-corrected chi connectivity index (χ0v) is 15.2. The van der Waals surface area contributed by atoms with Crippen LogP contribution in [0.3, 0.4) is 0 Å². The molecule has 0 amide bonds. The van der Waals surface area contributed by atoms with E-state index in [4.69, 9.17) is 4.98 Å². The van der Waals surface area contributed by atoms with Crippen molar-refractivity contribution < 1.29 is 4.57 Å². The molecule has 4 rings (SSSR count). The first-order chi connectivity index (χ1) is 11.7. The Kier molecular flexibility index (Phi) is 4.17. The summed E-state index contributed by atoms with van der Waals surface area (Å²) in [5.41, 5.74) is 3.36. The van der Waals surface area contributed by atoms with Gasteiger partial charge in [0.25, 0.3) is 0 Å². The van der Waals surface area contributed by atoms with Gasteiger partial charge in [0.05, 0.1) is 17.4 Å². The Morgan fingerprint density at radius 1 is 0.917 bits per heavy atom. The highest BCUT2D eigenvalue weighted by Gasteiger charge is 2.21. The molecule has 4 heteroatoms. The number of thioether (sulfide) groups is 2. The van der Waals surface area contributed by atoms with Gasteiger partial charge < -0.3 is 0 Å². The molecule has 0 N–H and O–H groups in total. The van der Waals surface area contributed by atoms with E-state index in [0.29, 0.717) is 0 Å². The maximum atomic E-state index is 4.89. The number of rotatable bonds is 2. The van der Waals surface area contributed by atoms with E-state index in [1.54, 1.807) is 0 Å². The van der Waals surface area contributed by atoms with Crippen molar-refractivity contribution in [1.82, 2.24) is 4.98 Å². The molecule has 2 heterocycles. The van der Waals surface area contributed by atoms with Gasteiger partial charge in [0.2, 0.25) is 0 Å². The maximum Gasteiger partial charge on any atom is 0.325 e. The lowest BCUT2D eigenvalue weighted by atomic mass is 10.1. The molecular formula is C20H17N2S2+. The van der Waals surface area contributed by atoms with E-state index in [2.05, 4.69) is 79.2 Å². The van der Waals surface area contributed by atoms with Crippen LogP contribution in [-0.2, 0) is 7.05 Å². The van der Waals surface area contributed by atoms with Crippen LogP contribution in [0.25, 0.3) is 17.3 Å². The Balaban J connectivity index is 1.74. The molecule has 24 heavy (non-hydrogen) atoms. The highest BCUT2D eigenvalue weighted by Crippen LogP contribution is 2.51. The van der Waals surface area contributed by atoms with Crippen LogP contribution < -0.4 is 4.57 Å². The summed E-state index contributed by atoms with van der Waals surface area (Å²) in [5.74, 6) is 0.983. The molecule has 0 spiro atoms. The zero-order chi connectivity index (χ0) is 16.5. The first kappa shape index (κ1) is 15.5. The minimum absolute atomic E-state index is 0.983. The molecule has 118 valence electrons. The van der Waals surface area contributed by atoms with Gasteiger partial charge in [0.15, 0.2) is 5.69 Å². The second kappa shape index (κ2) is 6.46. The van der Waals surface area contributed by atoms with Gasteiger partial charge in [-0.05, 0) is 24.0 Å². The van der Waals surface area contributed by atoms with Gasteiger partial charge in [0.1, 0.15) is 5.69 Å². The summed E-state index contributed by atoms with van der Waals surface area (Å²) in [6.07, 6.45) is 2.19. The normalized spacial score (nSPS) is 13.0. The van der Waals surface area contributed by atoms with Gasteiger partial charge in [-0.3, -0.25) is 0 Å². The van der Waals surface area contributed by atoms with Gasteiger partial charge >= 0.3 is 5.82 Å². The standard InChI is InChI=1S/C20H17N2S2/c1-14-12-16(15-8-4-3-5-9-15)21-19(22(14)2)13-20-23-17-10-6-7-11-18(17)24-20/h3-13H,1-2H3/q+1. The smallest absolute Gasteiger partial charge is 0.231 e. The van der Waals surface area contributed by atoms with Crippen LogP contribution in [0.1, 0.15) is 11.5 Å². The fraction of sp³-hybridized carbons (Fsp3) is 0.100. The van der Waals surface area contributed by atoms with Crippen molar-refractivity contribution in [3.8, 4) is 11.3 Å². The van der Waals surface area contributed by atoms with E-state index in [9.17, 15) is 0 Å². The zero-order valence-electron chi connectivity index (χ0n) is 13.6. The molecule has 1 aliphatic rings. The van der Waals surface area contributed by atoms with E-state index in [1.807, 2.05) is 29.6 Å². The fourth-order valence-electron chi connectivity index (χ4n) is 2.61. The van der Waals surface area contributed by atoms with Crippen LogP contribution in [0.4, 0.5) is 0 Å². The number of fused-ring (bicyclic) bond motifs is 1. The summed E-state index contributed by atoms with van der Waals surface area (Å²) < 4.78 is 3.41. The highest BCUT2D eigenvalue weighted by molar-refractivity contribution is 8.24. The first-order valence-corrected chi connectivity index (χ1v) is 9.43. The van der Waals surface area contributed by atoms with Gasteiger partial charge in [-0.25, -0.2) is 4.57 Å². The van der Waals surface area contributed by atoms with Crippen LogP contribution in [0.15, 0.2) is 74.7 Å². The number of nitrogens with zero attached hydrogens (tertiary/aromatic N) is 2. The first-order valence-electron chi connectivity index (χ1n) is 7.80. The van der Waals surface area contributed by atoms with Crippen LogP contribution in [-0.4, -0.2) is 4.98 Å². The van der Waals surface area contributed by atoms with E-state index in [0.717, 1.165) is 17.1 Å². The molecule has 0 saturated carbocycles. The van der Waals surface area contributed by atoms with Crippen LogP contribution in [0.5, 0.6) is 0 Å². The van der Waals surface area contributed by atoms with Crippen LogP contribution >= 0.6 is 23.5 Å². The topological polar surface area (TPSA) is 16.8 Å². The Morgan fingerprint density at radius 2 is 1.54 bits per heavy atom. The molecule has 0 bridgehead atoms. The Bertz CT molecular complexity index is 907. The summed E-state index contributed by atoms with van der Waals surface area (Å²) in [7, 11) is 2.07. The third-order valence-corrected chi connectivity index (χ3v) is 6.46. The van der Waals surface area contributed by atoms with E-state index in [1.165, 1.54) is 19.7 Å². The second-order valence-electron chi connectivity index (χ2n) is 5.68. The lowest BCUT2D eigenvalue weighted by Gasteiger charge is -2.03. The average molecular weight is 350 g/mol. The molecule has 0 unspecified atom stereocenters. The molecule has 2 nitrogen and oxygen atoms in total. The summed E-state index contributed by atoms with van der Waals surface area (Å²) in [5, 5.41) is 0. The predicted molar refractivity (Wildman–Crippen MR) is 102 cm³/mol. The summed E-state index contributed by atoms with van der Waals surface area (Å²) in [6, 6.07) is 21.0. The van der Waals surface area contributed by atoms with Crippen molar-refractivity contribution in [1.29, 1.82) is 0 Å². The number of hydrogen-bond donors (Lipinski definition) is 0. The summed E-state index contributed by atoms with van der Waals surface area (Å²) >= 11 is 3.64. The van der Waals surface area contributed by atoms with Crippen LogP contribution in [0, 0.1) is 6.92 Å². The second-order valence-corrected chi connectivity index (χ2v) is 8.11. The number of aromatic nitrogens is 2. The third-order valence-electron chi connectivity index (χ3n) is 4.04. The third kappa shape index (κ3) is 2.99. The SMILES string of the molecule is Cc1cc(-c2ccccc2)nc(C=C2Sc3ccccc3S2)[n+]1C. The monoisotopic (exact) mass is 349 g/mol. The quantitative estimate of drug-likeness (QED) is 0.601. The Hall–Kier alpha value is -2.04. The molecular weight excluding hydrogens is 332 g/mol. The van der Waals surface area contributed by atoms with Crippen molar-refractivity contribution in [2.24, 2.45) is 7.05 Å². The minimum atomic E-state index is 0.983. The lowest BCUT2D eigenvalue weighted by molar-refractivity contribution is -0.682. The van der Waals surface area contributed by atoms with Gasteiger partial charge in [-0.15, -0.1) is 0 Å². The molecule has 0 saturated heterocycles. The van der Waals surface area contributed by atoms with Crippen molar-refractivity contribution in [3.63, 3.8) is 0 Å². The van der Waals surface area contributed by atoms with E-state index in [-0.39, 0.29) is 0 Å². The summed E-state index contributed by atoms with van der Waals surface area (Å²) in [4.78, 5) is 7.54. The highest BCUT2D eigenvalue weighted by atomic mass is 32.2. The largest absolute Gasteiger partial charge is 0.325 e. The maximum absolute atomic E-state index is 4.89. The molecule has 2 aromatic carbocycles. The van der Waals surface area contributed by atoms with E-state index >= 15 is 0 Å². The van der Waals surface area contributed by atoms with Gasteiger partial charge in [-0.2, -0.15) is 0 Å². The molecule has 0 radical (unpaired) electrons. The number of aryl methyl sites for hydroxylation is 1. The molecule has 3 aromatic rings. The molecule has 0 atom stereocenters. The minimum Gasteiger partial charge on any atom is -0.231 e. The lowest BCUT2D eigenvalue weighted by Crippen LogP contribution is -2.36. The summed E-state index contributed by atoms with van der Waals surface area (Å²) in [6.45, 7) is 2.12. The van der Waals surface area contributed by atoms with Crippen molar-refractivity contribution in [2.45, 2.75) is 16.7 Å². The fourth-order valence-corrected chi connectivity index (χ4v) is 4.96. The molecule has 0 fully saturated rings. The number of benzene rings is 2. The van der Waals surface area contributed by atoms with Crippen LogP contribution in [0.2, 0.25) is 0 Å². The van der Waals surface area contributed by atoms with E-state index < -0.39 is 0 Å². The van der Waals surface area contributed by atoms with Crippen molar-refractivity contribution in [3.05, 3.63) is 76.4 Å². The predicted octanol–water partition coefficient (Wildman–Crippen LogP) is 5.08. The molecule has 1 aromatic heterocycles. The molecule has 1 aliphatic heterocycles. The van der Waals surface area contributed by atoms with Crippen molar-refractivity contribution in [2.75, 3.05) is 0 Å². The Morgan fingerprint density at radius 3 is 2.21 bits per heavy atom.